The van der Waals surface area contributed by atoms with Crippen molar-refractivity contribution in [2.24, 2.45) is 5.41 Å². The lowest BCUT2D eigenvalue weighted by Crippen LogP contribution is -2.38. The van der Waals surface area contributed by atoms with Crippen molar-refractivity contribution in [3.63, 3.8) is 0 Å². The van der Waals surface area contributed by atoms with Gasteiger partial charge in [0.1, 0.15) is 5.69 Å². The Morgan fingerprint density at radius 1 is 1.24 bits per heavy atom. The van der Waals surface area contributed by atoms with Crippen LogP contribution in [0.15, 0.2) is 36.5 Å². The van der Waals surface area contributed by atoms with E-state index in [1.807, 2.05) is 0 Å². The highest BCUT2D eigenvalue weighted by atomic mass is 35.5. The SMILES string of the molecule is CON(Cc1ccc(NC(=O)c2ncccc2C(=O)O)cc1Cl)C(=O)C(C)(C)C. The molecule has 154 valence electrons. The predicted octanol–water partition coefficient (Wildman–Crippen LogP) is 3.62. The number of nitrogens with zero attached hydrogens (tertiary/aromatic N) is 2. The first-order valence-electron chi connectivity index (χ1n) is 8.68. The second kappa shape index (κ2) is 9.02. The Bertz CT molecular complexity index is 940. The van der Waals surface area contributed by atoms with Gasteiger partial charge < -0.3 is 10.4 Å². The van der Waals surface area contributed by atoms with Gasteiger partial charge in [-0.2, -0.15) is 0 Å². The van der Waals surface area contributed by atoms with E-state index < -0.39 is 17.3 Å². The first-order valence-corrected chi connectivity index (χ1v) is 9.06. The van der Waals surface area contributed by atoms with Crippen LogP contribution < -0.4 is 5.32 Å². The van der Waals surface area contributed by atoms with E-state index in [2.05, 4.69) is 10.3 Å². The first kappa shape index (κ1) is 22.3. The summed E-state index contributed by atoms with van der Waals surface area (Å²) >= 11 is 6.31. The van der Waals surface area contributed by atoms with Crippen LogP contribution in [0.25, 0.3) is 0 Å². The molecule has 8 nitrogen and oxygen atoms in total. The summed E-state index contributed by atoms with van der Waals surface area (Å²) in [6, 6.07) is 7.49. The van der Waals surface area contributed by atoms with Gasteiger partial charge in [0.25, 0.3) is 11.8 Å². The number of hydrogen-bond acceptors (Lipinski definition) is 5. The summed E-state index contributed by atoms with van der Waals surface area (Å²) in [6.45, 7) is 5.48. The van der Waals surface area contributed by atoms with E-state index in [1.54, 1.807) is 32.9 Å². The molecule has 0 aliphatic heterocycles. The second-order valence-electron chi connectivity index (χ2n) is 7.24. The number of hydrogen-bond donors (Lipinski definition) is 2. The van der Waals surface area contributed by atoms with Crippen molar-refractivity contribution in [3.05, 3.63) is 58.4 Å². The van der Waals surface area contributed by atoms with Crippen molar-refractivity contribution in [3.8, 4) is 0 Å². The highest BCUT2D eigenvalue weighted by molar-refractivity contribution is 6.31. The average Bonchev–Trinajstić information content (AvgIpc) is 2.66. The molecular formula is C20H22ClN3O5. The molecule has 0 radical (unpaired) electrons. The molecule has 1 heterocycles. The fourth-order valence-corrected chi connectivity index (χ4v) is 2.69. The van der Waals surface area contributed by atoms with Crippen LogP contribution in [0.5, 0.6) is 0 Å². The van der Waals surface area contributed by atoms with Gasteiger partial charge in [-0.15, -0.1) is 0 Å². The van der Waals surface area contributed by atoms with Gasteiger partial charge >= 0.3 is 5.97 Å². The van der Waals surface area contributed by atoms with Gasteiger partial charge in [0.2, 0.25) is 0 Å². The third kappa shape index (κ3) is 5.52. The number of nitrogens with one attached hydrogen (secondary N) is 1. The summed E-state index contributed by atoms with van der Waals surface area (Å²) in [6.07, 6.45) is 1.34. The van der Waals surface area contributed by atoms with Crippen molar-refractivity contribution >= 4 is 35.1 Å². The lowest BCUT2D eigenvalue weighted by molar-refractivity contribution is -0.188. The predicted molar refractivity (Wildman–Crippen MR) is 108 cm³/mol. The molecule has 0 fully saturated rings. The minimum Gasteiger partial charge on any atom is -0.478 e. The van der Waals surface area contributed by atoms with E-state index in [0.29, 0.717) is 16.3 Å². The van der Waals surface area contributed by atoms with Crippen molar-refractivity contribution in [2.45, 2.75) is 27.3 Å². The second-order valence-corrected chi connectivity index (χ2v) is 7.65. The molecule has 9 heteroatoms. The molecule has 2 aromatic rings. The first-order chi connectivity index (χ1) is 13.5. The van der Waals surface area contributed by atoms with Crippen LogP contribution in [-0.4, -0.2) is 40.0 Å². The number of aromatic carboxylic acids is 1. The Hall–Kier alpha value is -2.97. The number of anilines is 1. The molecule has 0 bridgehead atoms. The number of halogens is 1. The zero-order valence-corrected chi connectivity index (χ0v) is 17.3. The highest BCUT2D eigenvalue weighted by Gasteiger charge is 2.28. The van der Waals surface area contributed by atoms with Crippen LogP contribution in [0.4, 0.5) is 5.69 Å². The number of amides is 2. The van der Waals surface area contributed by atoms with E-state index in [-0.39, 0.29) is 23.7 Å². The maximum Gasteiger partial charge on any atom is 0.338 e. The van der Waals surface area contributed by atoms with Crippen LogP contribution in [0.1, 0.15) is 47.2 Å². The Labute approximate surface area is 173 Å². The van der Waals surface area contributed by atoms with E-state index >= 15 is 0 Å². The lowest BCUT2D eigenvalue weighted by Gasteiger charge is -2.27. The topological polar surface area (TPSA) is 109 Å². The van der Waals surface area contributed by atoms with Crippen LogP contribution in [0.3, 0.4) is 0 Å². The average molecular weight is 420 g/mol. The Kier molecular flexibility index (Phi) is 6.94. The van der Waals surface area contributed by atoms with Crippen molar-refractivity contribution in [2.75, 3.05) is 12.4 Å². The quantitative estimate of drug-likeness (QED) is 0.692. The van der Waals surface area contributed by atoms with Gasteiger partial charge in [0, 0.05) is 22.3 Å². The van der Waals surface area contributed by atoms with Crippen molar-refractivity contribution < 1.29 is 24.3 Å². The fourth-order valence-electron chi connectivity index (χ4n) is 2.45. The van der Waals surface area contributed by atoms with Crippen molar-refractivity contribution in [1.82, 2.24) is 10.0 Å². The van der Waals surface area contributed by atoms with Gasteiger partial charge in [-0.05, 0) is 29.8 Å². The lowest BCUT2D eigenvalue weighted by atomic mass is 9.95. The van der Waals surface area contributed by atoms with Crippen LogP contribution in [-0.2, 0) is 16.2 Å². The molecule has 1 aromatic carbocycles. The Balaban J connectivity index is 2.19. The minimum absolute atomic E-state index is 0.128. The number of benzene rings is 1. The van der Waals surface area contributed by atoms with E-state index in [4.69, 9.17) is 16.4 Å². The molecule has 2 amide bonds. The molecule has 29 heavy (non-hydrogen) atoms. The number of rotatable bonds is 6. The van der Waals surface area contributed by atoms with E-state index in [1.165, 1.54) is 36.6 Å². The van der Waals surface area contributed by atoms with Gasteiger partial charge in [0.15, 0.2) is 0 Å². The summed E-state index contributed by atoms with van der Waals surface area (Å²) in [4.78, 5) is 45.1. The standard InChI is InChI=1S/C20H22ClN3O5/c1-20(2,3)19(28)24(29-4)11-12-7-8-13(10-15(12)21)23-17(25)16-14(18(26)27)6-5-9-22-16/h5-10H,11H2,1-4H3,(H,23,25)(H,26,27). The van der Waals surface area contributed by atoms with Gasteiger partial charge in [-0.1, -0.05) is 38.4 Å². The number of carbonyl (C=O) groups is 3. The van der Waals surface area contributed by atoms with Crippen LogP contribution in [0, 0.1) is 5.41 Å². The molecule has 0 saturated heterocycles. The molecule has 0 aliphatic carbocycles. The minimum atomic E-state index is -1.25. The monoisotopic (exact) mass is 419 g/mol. The normalized spacial score (nSPS) is 11.1. The molecule has 0 spiro atoms. The number of carboxylic acid groups (broad SMARTS) is 1. The molecular weight excluding hydrogens is 398 g/mol. The van der Waals surface area contributed by atoms with Crippen LogP contribution in [0.2, 0.25) is 5.02 Å². The maximum absolute atomic E-state index is 12.4. The number of hydroxylamine groups is 2. The summed E-state index contributed by atoms with van der Waals surface area (Å²) in [7, 11) is 1.40. The van der Waals surface area contributed by atoms with E-state index in [9.17, 15) is 19.5 Å². The number of aromatic nitrogens is 1. The summed E-state index contributed by atoms with van der Waals surface area (Å²) in [5.74, 6) is -2.13. The molecule has 1 aromatic heterocycles. The molecule has 2 rings (SSSR count). The zero-order valence-electron chi connectivity index (χ0n) is 16.5. The summed E-state index contributed by atoms with van der Waals surface area (Å²) < 4.78 is 0. The molecule has 0 aliphatic rings. The highest BCUT2D eigenvalue weighted by Crippen LogP contribution is 2.25. The zero-order chi connectivity index (χ0) is 21.8. The van der Waals surface area contributed by atoms with E-state index in [0.717, 1.165) is 0 Å². The molecule has 0 unspecified atom stereocenters. The third-order valence-corrected chi connectivity index (χ3v) is 4.32. The number of carboxylic acids is 1. The third-order valence-electron chi connectivity index (χ3n) is 3.97. The summed E-state index contributed by atoms with van der Waals surface area (Å²) in [5.41, 5.74) is -0.0586. The fraction of sp³-hybridized carbons (Fsp3) is 0.300. The Morgan fingerprint density at radius 3 is 2.48 bits per heavy atom. The van der Waals surface area contributed by atoms with Gasteiger partial charge in [0.05, 0.1) is 19.2 Å². The largest absolute Gasteiger partial charge is 0.478 e. The van der Waals surface area contributed by atoms with Gasteiger partial charge in [-0.3, -0.25) is 19.4 Å². The van der Waals surface area contributed by atoms with Gasteiger partial charge in [-0.25, -0.2) is 9.86 Å². The molecule has 2 N–H and O–H groups in total. The smallest absolute Gasteiger partial charge is 0.338 e. The molecule has 0 atom stereocenters. The molecule has 0 saturated carbocycles. The number of pyridine rings is 1. The Morgan fingerprint density at radius 2 is 1.93 bits per heavy atom. The summed E-state index contributed by atoms with van der Waals surface area (Å²) in [5, 5.41) is 13.3. The van der Waals surface area contributed by atoms with Crippen LogP contribution >= 0.6 is 11.6 Å². The maximum atomic E-state index is 12.4. The van der Waals surface area contributed by atoms with Crippen molar-refractivity contribution in [1.29, 1.82) is 0 Å². The number of carbonyl (C=O) groups excluding carboxylic acids is 2.